The van der Waals surface area contributed by atoms with Crippen molar-refractivity contribution in [3.05, 3.63) is 11.8 Å². The number of fused-ring (bicyclic) bond motifs is 1. The first-order valence-electron chi connectivity index (χ1n) is 5.44. The van der Waals surface area contributed by atoms with Crippen LogP contribution in [0.4, 0.5) is 0 Å². The Labute approximate surface area is 94.3 Å². The number of hydrogen-bond donors (Lipinski definition) is 0. The van der Waals surface area contributed by atoms with E-state index in [0.717, 1.165) is 6.42 Å². The average Bonchev–Trinajstić information content (AvgIpc) is 2.62. The molecule has 5 heteroatoms. The summed E-state index contributed by atoms with van der Waals surface area (Å²) < 4.78 is 12.2. The second-order valence-electron chi connectivity index (χ2n) is 4.41. The molecule has 0 bridgehead atoms. The molecular formula is C11H16N2O3. The predicted molar refractivity (Wildman–Crippen MR) is 57.6 cm³/mol. The van der Waals surface area contributed by atoms with Crippen molar-refractivity contribution in [2.24, 2.45) is 0 Å². The van der Waals surface area contributed by atoms with Gasteiger partial charge < -0.3 is 9.47 Å². The number of rotatable bonds is 2. The van der Waals surface area contributed by atoms with Crippen LogP contribution in [0, 0.1) is 0 Å². The van der Waals surface area contributed by atoms with E-state index in [-0.39, 0.29) is 11.5 Å². The average molecular weight is 224 g/mol. The van der Waals surface area contributed by atoms with Gasteiger partial charge in [0.25, 0.3) is 0 Å². The molecule has 0 fully saturated rings. The minimum Gasteiger partial charge on any atom is -0.477 e. The number of aromatic nitrogens is 2. The largest absolute Gasteiger partial charge is 0.477 e. The number of esters is 1. The topological polar surface area (TPSA) is 53.3 Å². The minimum absolute atomic E-state index is 0.113. The van der Waals surface area contributed by atoms with E-state index in [2.05, 4.69) is 18.9 Å². The van der Waals surface area contributed by atoms with Crippen molar-refractivity contribution in [2.75, 3.05) is 13.2 Å². The predicted octanol–water partition coefficient (Wildman–Crippen LogP) is 1.58. The molecule has 88 valence electrons. The highest BCUT2D eigenvalue weighted by Gasteiger charge is 2.33. The molecule has 1 aliphatic rings. The second-order valence-corrected chi connectivity index (χ2v) is 4.41. The van der Waals surface area contributed by atoms with Gasteiger partial charge in [-0.15, -0.1) is 0 Å². The lowest BCUT2D eigenvalue weighted by Gasteiger charge is -2.31. The molecule has 1 aromatic heterocycles. The fourth-order valence-electron chi connectivity index (χ4n) is 1.76. The van der Waals surface area contributed by atoms with Gasteiger partial charge in [0.1, 0.15) is 5.56 Å². The van der Waals surface area contributed by atoms with Gasteiger partial charge in [-0.05, 0) is 20.8 Å². The Morgan fingerprint density at radius 3 is 3.12 bits per heavy atom. The first-order chi connectivity index (χ1) is 7.56. The van der Waals surface area contributed by atoms with Crippen molar-refractivity contribution in [2.45, 2.75) is 32.7 Å². The fourth-order valence-corrected chi connectivity index (χ4v) is 1.76. The van der Waals surface area contributed by atoms with Gasteiger partial charge in [0.15, 0.2) is 0 Å². The Morgan fingerprint density at radius 1 is 1.69 bits per heavy atom. The Kier molecular flexibility index (Phi) is 2.61. The Balaban J connectivity index is 2.37. The van der Waals surface area contributed by atoms with E-state index in [1.54, 1.807) is 11.6 Å². The number of carbonyl (C=O) groups is 1. The van der Waals surface area contributed by atoms with Crippen molar-refractivity contribution in [1.82, 2.24) is 9.78 Å². The molecular weight excluding hydrogens is 208 g/mol. The van der Waals surface area contributed by atoms with Crippen molar-refractivity contribution in [3.63, 3.8) is 0 Å². The van der Waals surface area contributed by atoms with Crippen LogP contribution in [0.2, 0.25) is 0 Å². The zero-order valence-electron chi connectivity index (χ0n) is 9.82. The summed E-state index contributed by atoms with van der Waals surface area (Å²) >= 11 is 0. The summed E-state index contributed by atoms with van der Waals surface area (Å²) in [4.78, 5) is 11.6. The lowest BCUT2D eigenvalue weighted by atomic mass is 10.0. The Bertz CT molecular complexity index is 409. The van der Waals surface area contributed by atoms with Crippen LogP contribution in [0.1, 0.15) is 37.6 Å². The van der Waals surface area contributed by atoms with Gasteiger partial charge in [0, 0.05) is 6.42 Å². The summed E-state index contributed by atoms with van der Waals surface area (Å²) in [6.45, 7) is 6.87. The lowest BCUT2D eigenvalue weighted by molar-refractivity contribution is 0.0515. The maximum absolute atomic E-state index is 11.6. The van der Waals surface area contributed by atoms with Crippen molar-refractivity contribution >= 4 is 5.97 Å². The molecule has 0 aliphatic carbocycles. The van der Waals surface area contributed by atoms with Crippen LogP contribution in [-0.2, 0) is 10.3 Å². The quantitative estimate of drug-likeness (QED) is 0.716. The molecule has 2 heterocycles. The molecule has 0 radical (unpaired) electrons. The molecule has 1 aliphatic heterocycles. The van der Waals surface area contributed by atoms with Gasteiger partial charge in [-0.3, -0.25) is 0 Å². The highest BCUT2D eigenvalue weighted by molar-refractivity contribution is 5.91. The van der Waals surface area contributed by atoms with Crippen molar-refractivity contribution < 1.29 is 14.3 Å². The third-order valence-corrected chi connectivity index (χ3v) is 2.75. The van der Waals surface area contributed by atoms with E-state index in [4.69, 9.17) is 9.47 Å². The molecule has 0 N–H and O–H groups in total. The molecule has 5 nitrogen and oxygen atoms in total. The molecule has 0 amide bonds. The summed E-state index contributed by atoms with van der Waals surface area (Å²) in [7, 11) is 0. The minimum atomic E-state index is -0.374. The maximum Gasteiger partial charge on any atom is 0.345 e. The van der Waals surface area contributed by atoms with Crippen molar-refractivity contribution in [1.29, 1.82) is 0 Å². The van der Waals surface area contributed by atoms with Gasteiger partial charge in [0.05, 0.1) is 24.9 Å². The van der Waals surface area contributed by atoms with E-state index >= 15 is 0 Å². The van der Waals surface area contributed by atoms with E-state index < -0.39 is 0 Å². The van der Waals surface area contributed by atoms with Crippen LogP contribution < -0.4 is 4.74 Å². The lowest BCUT2D eigenvalue weighted by Crippen LogP contribution is -2.34. The zero-order valence-corrected chi connectivity index (χ0v) is 9.82. The van der Waals surface area contributed by atoms with E-state index in [0.29, 0.717) is 24.7 Å². The summed E-state index contributed by atoms with van der Waals surface area (Å²) in [5.41, 5.74) is 0.299. The van der Waals surface area contributed by atoms with Crippen LogP contribution in [0.3, 0.4) is 0 Å². The van der Waals surface area contributed by atoms with Gasteiger partial charge in [-0.25, -0.2) is 9.48 Å². The van der Waals surface area contributed by atoms with Crippen LogP contribution in [-0.4, -0.2) is 29.0 Å². The van der Waals surface area contributed by atoms with Gasteiger partial charge in [0.2, 0.25) is 5.88 Å². The maximum atomic E-state index is 11.6. The molecule has 0 atom stereocenters. The fraction of sp³-hybridized carbons (Fsp3) is 0.636. The number of nitrogens with zero attached hydrogens (tertiary/aromatic N) is 2. The number of ether oxygens (including phenoxy) is 2. The molecule has 0 saturated carbocycles. The first-order valence-corrected chi connectivity index (χ1v) is 5.44. The van der Waals surface area contributed by atoms with Crippen LogP contribution in [0.15, 0.2) is 6.20 Å². The molecule has 0 saturated heterocycles. The molecule has 2 rings (SSSR count). The van der Waals surface area contributed by atoms with E-state index in [9.17, 15) is 4.79 Å². The van der Waals surface area contributed by atoms with Crippen LogP contribution >= 0.6 is 0 Å². The molecule has 1 aromatic rings. The van der Waals surface area contributed by atoms with Crippen molar-refractivity contribution in [3.8, 4) is 5.88 Å². The Hall–Kier alpha value is -1.52. The molecule has 0 unspecified atom stereocenters. The smallest absolute Gasteiger partial charge is 0.345 e. The second kappa shape index (κ2) is 3.81. The first kappa shape index (κ1) is 11.0. The van der Waals surface area contributed by atoms with E-state index in [1.807, 2.05) is 0 Å². The normalized spacial score (nSPS) is 17.4. The Morgan fingerprint density at radius 2 is 2.44 bits per heavy atom. The van der Waals surface area contributed by atoms with Gasteiger partial charge >= 0.3 is 5.97 Å². The number of carbonyl (C=O) groups excluding carboxylic acids is 1. The highest BCUT2D eigenvalue weighted by Crippen LogP contribution is 2.32. The zero-order chi connectivity index (χ0) is 11.8. The summed E-state index contributed by atoms with van der Waals surface area (Å²) in [5.74, 6) is 0.149. The summed E-state index contributed by atoms with van der Waals surface area (Å²) in [6.07, 6.45) is 2.39. The van der Waals surface area contributed by atoms with Gasteiger partial charge in [-0.1, -0.05) is 0 Å². The summed E-state index contributed by atoms with van der Waals surface area (Å²) in [5, 5.41) is 4.20. The van der Waals surface area contributed by atoms with Crippen LogP contribution in [0.5, 0.6) is 5.88 Å². The monoisotopic (exact) mass is 224 g/mol. The van der Waals surface area contributed by atoms with Gasteiger partial charge in [-0.2, -0.15) is 5.10 Å². The number of hydrogen-bond acceptors (Lipinski definition) is 4. The third-order valence-electron chi connectivity index (χ3n) is 2.75. The highest BCUT2D eigenvalue weighted by atomic mass is 16.5. The third kappa shape index (κ3) is 1.66. The standard InChI is InChI=1S/C11H16N2O3/c1-4-15-10(14)8-7-12-13-9(8)16-6-5-11(13,2)3/h7H,4-6H2,1-3H3. The molecule has 0 spiro atoms. The van der Waals surface area contributed by atoms with E-state index in [1.165, 1.54) is 6.20 Å². The summed E-state index contributed by atoms with van der Waals surface area (Å²) in [6, 6.07) is 0. The van der Waals surface area contributed by atoms with Crippen LogP contribution in [0.25, 0.3) is 0 Å². The SMILES string of the molecule is CCOC(=O)c1cnn2c1OCCC2(C)C. The molecule has 0 aromatic carbocycles. The molecule has 16 heavy (non-hydrogen) atoms.